The standard InChI is InChI=1S/C13H12OS/c1-15-14-13-10-6-5-9-12(13)11-7-3-2-4-8-11/h2-10H,1H3. The van der Waals surface area contributed by atoms with Crippen LogP contribution in [0.3, 0.4) is 0 Å². The van der Waals surface area contributed by atoms with Gasteiger partial charge in [0, 0.05) is 11.8 Å². The third-order valence-corrected chi connectivity index (χ3v) is 2.49. The zero-order chi connectivity index (χ0) is 10.5. The number of rotatable bonds is 3. The lowest BCUT2D eigenvalue weighted by Gasteiger charge is -2.08. The average molecular weight is 216 g/mol. The quantitative estimate of drug-likeness (QED) is 0.717. The maximum atomic E-state index is 5.51. The Morgan fingerprint density at radius 3 is 2.27 bits per heavy atom. The Labute approximate surface area is 94.3 Å². The van der Waals surface area contributed by atoms with Crippen molar-refractivity contribution in [3.63, 3.8) is 0 Å². The highest BCUT2D eigenvalue weighted by Crippen LogP contribution is 2.30. The molecule has 0 unspecified atom stereocenters. The molecule has 0 saturated heterocycles. The molecule has 0 N–H and O–H groups in total. The number of para-hydroxylation sites is 1. The molecule has 0 aliphatic heterocycles. The molecule has 0 radical (unpaired) electrons. The third-order valence-electron chi connectivity index (χ3n) is 2.14. The zero-order valence-corrected chi connectivity index (χ0v) is 9.33. The molecule has 0 saturated carbocycles. The molecule has 2 rings (SSSR count). The molecule has 2 heteroatoms. The Morgan fingerprint density at radius 1 is 0.867 bits per heavy atom. The largest absolute Gasteiger partial charge is 0.425 e. The van der Waals surface area contributed by atoms with Crippen LogP contribution < -0.4 is 4.18 Å². The van der Waals surface area contributed by atoms with Crippen LogP contribution in [0.2, 0.25) is 0 Å². The van der Waals surface area contributed by atoms with E-state index < -0.39 is 0 Å². The first-order valence-electron chi connectivity index (χ1n) is 4.77. The fraction of sp³-hybridized carbons (Fsp3) is 0.0769. The summed E-state index contributed by atoms with van der Waals surface area (Å²) in [5, 5.41) is 0. The van der Waals surface area contributed by atoms with Gasteiger partial charge in [0.1, 0.15) is 5.75 Å². The molecule has 0 amide bonds. The lowest BCUT2D eigenvalue weighted by Crippen LogP contribution is -1.84. The number of hydrogen-bond donors (Lipinski definition) is 0. The van der Waals surface area contributed by atoms with E-state index in [4.69, 9.17) is 4.18 Å². The van der Waals surface area contributed by atoms with E-state index in [1.165, 1.54) is 17.6 Å². The maximum Gasteiger partial charge on any atom is 0.145 e. The Hall–Kier alpha value is -1.41. The summed E-state index contributed by atoms with van der Waals surface area (Å²) in [7, 11) is 0. The second kappa shape index (κ2) is 4.89. The van der Waals surface area contributed by atoms with Crippen molar-refractivity contribution in [1.82, 2.24) is 0 Å². The first-order chi connectivity index (χ1) is 7.42. The zero-order valence-electron chi connectivity index (χ0n) is 8.51. The Kier molecular flexibility index (Phi) is 3.30. The second-order valence-electron chi connectivity index (χ2n) is 3.11. The third kappa shape index (κ3) is 2.34. The molecule has 1 nitrogen and oxygen atoms in total. The van der Waals surface area contributed by atoms with Gasteiger partial charge in [-0.05, 0) is 11.6 Å². The van der Waals surface area contributed by atoms with Gasteiger partial charge in [0.2, 0.25) is 0 Å². The van der Waals surface area contributed by atoms with Crippen LogP contribution in [0.1, 0.15) is 0 Å². The van der Waals surface area contributed by atoms with Crippen LogP contribution in [-0.4, -0.2) is 6.26 Å². The van der Waals surface area contributed by atoms with Gasteiger partial charge in [-0.1, -0.05) is 48.5 Å². The maximum absolute atomic E-state index is 5.51. The lowest BCUT2D eigenvalue weighted by molar-refractivity contribution is 0.652. The van der Waals surface area contributed by atoms with E-state index in [1.807, 2.05) is 42.7 Å². The van der Waals surface area contributed by atoms with Crippen LogP contribution in [0.15, 0.2) is 54.6 Å². The first kappa shape index (κ1) is 10.1. The van der Waals surface area contributed by atoms with Crippen LogP contribution in [0.4, 0.5) is 0 Å². The van der Waals surface area contributed by atoms with Crippen molar-refractivity contribution in [2.45, 2.75) is 0 Å². The van der Waals surface area contributed by atoms with Crippen molar-refractivity contribution in [1.29, 1.82) is 0 Å². The summed E-state index contributed by atoms with van der Waals surface area (Å²) in [6.45, 7) is 0. The molecular formula is C13H12OS. The molecule has 0 aliphatic rings. The van der Waals surface area contributed by atoms with E-state index in [9.17, 15) is 0 Å². The van der Waals surface area contributed by atoms with Crippen molar-refractivity contribution >= 4 is 12.0 Å². The van der Waals surface area contributed by atoms with Gasteiger partial charge in [-0.25, -0.2) is 0 Å². The van der Waals surface area contributed by atoms with Crippen molar-refractivity contribution in [2.75, 3.05) is 6.26 Å². The topological polar surface area (TPSA) is 9.23 Å². The fourth-order valence-corrected chi connectivity index (χ4v) is 1.81. The van der Waals surface area contributed by atoms with E-state index in [0.29, 0.717) is 0 Å². The summed E-state index contributed by atoms with van der Waals surface area (Å²) in [6.07, 6.45) is 1.92. The Bertz CT molecular complexity index is 426. The van der Waals surface area contributed by atoms with Crippen LogP contribution in [0.5, 0.6) is 5.75 Å². The number of benzene rings is 2. The van der Waals surface area contributed by atoms with Crippen LogP contribution >= 0.6 is 12.0 Å². The molecule has 0 heterocycles. The van der Waals surface area contributed by atoms with E-state index in [0.717, 1.165) is 11.3 Å². The molecular weight excluding hydrogens is 204 g/mol. The van der Waals surface area contributed by atoms with Gasteiger partial charge in [0.15, 0.2) is 0 Å². The monoisotopic (exact) mass is 216 g/mol. The molecule has 0 aromatic heterocycles. The van der Waals surface area contributed by atoms with Crippen molar-refractivity contribution < 1.29 is 4.18 Å². The van der Waals surface area contributed by atoms with Gasteiger partial charge in [0.05, 0.1) is 12.0 Å². The van der Waals surface area contributed by atoms with E-state index in [2.05, 4.69) is 18.2 Å². The smallest absolute Gasteiger partial charge is 0.145 e. The number of hydrogen-bond acceptors (Lipinski definition) is 2. The van der Waals surface area contributed by atoms with Gasteiger partial charge in [-0.15, -0.1) is 0 Å². The molecule has 0 atom stereocenters. The summed E-state index contributed by atoms with van der Waals surface area (Å²) in [4.78, 5) is 0. The summed E-state index contributed by atoms with van der Waals surface area (Å²) in [5.41, 5.74) is 2.31. The predicted octanol–water partition coefficient (Wildman–Crippen LogP) is 4.01. The highest BCUT2D eigenvalue weighted by atomic mass is 32.2. The van der Waals surface area contributed by atoms with Gasteiger partial charge in [0.25, 0.3) is 0 Å². The minimum Gasteiger partial charge on any atom is -0.425 e. The summed E-state index contributed by atoms with van der Waals surface area (Å²) in [6, 6.07) is 18.3. The Morgan fingerprint density at radius 2 is 1.53 bits per heavy atom. The highest BCUT2D eigenvalue weighted by Gasteiger charge is 2.04. The SMILES string of the molecule is CSOc1ccccc1-c1ccccc1. The molecule has 2 aromatic rings. The normalized spacial score (nSPS) is 9.93. The molecule has 15 heavy (non-hydrogen) atoms. The fourth-order valence-electron chi connectivity index (χ4n) is 1.49. The van der Waals surface area contributed by atoms with Gasteiger partial charge >= 0.3 is 0 Å². The first-order valence-corrected chi connectivity index (χ1v) is 5.92. The molecule has 0 bridgehead atoms. The second-order valence-corrected chi connectivity index (χ2v) is 3.61. The lowest BCUT2D eigenvalue weighted by atomic mass is 10.1. The van der Waals surface area contributed by atoms with E-state index in [1.54, 1.807) is 0 Å². The van der Waals surface area contributed by atoms with Crippen LogP contribution in [0.25, 0.3) is 11.1 Å². The molecule has 0 fully saturated rings. The van der Waals surface area contributed by atoms with Crippen LogP contribution in [0, 0.1) is 0 Å². The van der Waals surface area contributed by atoms with E-state index >= 15 is 0 Å². The summed E-state index contributed by atoms with van der Waals surface area (Å²) in [5.74, 6) is 0.913. The average Bonchev–Trinajstić information content (AvgIpc) is 2.31. The molecule has 0 spiro atoms. The van der Waals surface area contributed by atoms with Crippen LogP contribution in [-0.2, 0) is 0 Å². The highest BCUT2D eigenvalue weighted by molar-refractivity contribution is 7.94. The Balaban J connectivity index is 2.43. The summed E-state index contributed by atoms with van der Waals surface area (Å²) >= 11 is 1.36. The van der Waals surface area contributed by atoms with Gasteiger partial charge < -0.3 is 4.18 Å². The van der Waals surface area contributed by atoms with Gasteiger partial charge in [-0.3, -0.25) is 0 Å². The minimum atomic E-state index is 0.913. The molecule has 2 aromatic carbocycles. The van der Waals surface area contributed by atoms with Crippen molar-refractivity contribution in [3.8, 4) is 16.9 Å². The molecule has 0 aliphatic carbocycles. The van der Waals surface area contributed by atoms with Crippen molar-refractivity contribution in [3.05, 3.63) is 54.6 Å². The van der Waals surface area contributed by atoms with Gasteiger partial charge in [-0.2, -0.15) is 0 Å². The summed E-state index contributed by atoms with van der Waals surface area (Å²) < 4.78 is 5.51. The molecule has 76 valence electrons. The van der Waals surface area contributed by atoms with E-state index in [-0.39, 0.29) is 0 Å². The minimum absolute atomic E-state index is 0.913. The van der Waals surface area contributed by atoms with Crippen molar-refractivity contribution in [2.24, 2.45) is 0 Å². The predicted molar refractivity (Wildman–Crippen MR) is 66.0 cm³/mol.